The van der Waals surface area contributed by atoms with Crippen molar-refractivity contribution in [3.05, 3.63) is 89.2 Å². The highest BCUT2D eigenvalue weighted by molar-refractivity contribution is 5.97. The number of aromatic nitrogens is 9. The summed E-state index contributed by atoms with van der Waals surface area (Å²) >= 11 is 0. The Balaban J connectivity index is 0.000000177. The summed E-state index contributed by atoms with van der Waals surface area (Å²) in [6.45, 7) is 0. The SMILES string of the molecule is CNc1cc(Nc2cnc(C#N)c(OC3CCCC3)n2)ncc1C(=O)OC.COC(=O)c1cnc(Nc2cnc(C#N)c(OC3CCCC3)n2)cc1N(C)C.COC(=O)c1cnc(Nc2cnc(C#N)c(OC3CCCC3)n2)cc1OC. The number of nitrogens with one attached hydrogen (secondary N) is 4. The maximum absolute atomic E-state index is 11.9. The molecule has 0 atom stereocenters. The topological polar surface area (TPSA) is 355 Å². The van der Waals surface area contributed by atoms with Gasteiger partial charge in [-0.1, -0.05) is 0 Å². The third-order valence-electron chi connectivity index (χ3n) is 12.9. The van der Waals surface area contributed by atoms with Gasteiger partial charge in [0.2, 0.25) is 17.1 Å². The fourth-order valence-corrected chi connectivity index (χ4v) is 8.75. The highest BCUT2D eigenvalue weighted by atomic mass is 16.5. The van der Waals surface area contributed by atoms with Crippen molar-refractivity contribution in [1.29, 1.82) is 15.8 Å². The Labute approximate surface area is 472 Å². The van der Waals surface area contributed by atoms with Gasteiger partial charge in [-0.05, 0) is 77.0 Å². The number of pyridine rings is 3. The molecule has 0 radical (unpaired) electrons. The van der Waals surface area contributed by atoms with E-state index in [1.54, 1.807) is 30.1 Å². The fraction of sp³-hybridized carbons (Fsp3) is 0.400. The van der Waals surface area contributed by atoms with Gasteiger partial charge in [-0.15, -0.1) is 0 Å². The van der Waals surface area contributed by atoms with Gasteiger partial charge in [0.25, 0.3) is 17.6 Å². The summed E-state index contributed by atoms with van der Waals surface area (Å²) in [6, 6.07) is 10.9. The van der Waals surface area contributed by atoms with E-state index >= 15 is 0 Å². The van der Waals surface area contributed by atoms with Crippen LogP contribution in [0.3, 0.4) is 0 Å². The van der Waals surface area contributed by atoms with Gasteiger partial charge in [0, 0.05) is 57.9 Å². The van der Waals surface area contributed by atoms with Crippen molar-refractivity contribution in [2.75, 3.05) is 75.7 Å². The van der Waals surface area contributed by atoms with Crippen LogP contribution >= 0.6 is 0 Å². The lowest BCUT2D eigenvalue weighted by atomic mass is 10.2. The van der Waals surface area contributed by atoms with Crippen molar-refractivity contribution in [3.8, 4) is 41.6 Å². The van der Waals surface area contributed by atoms with E-state index < -0.39 is 17.9 Å². The quantitative estimate of drug-likeness (QED) is 0.0469. The number of anilines is 8. The number of hydrogen-bond donors (Lipinski definition) is 4. The minimum Gasteiger partial charge on any atom is -0.496 e. The van der Waals surface area contributed by atoms with E-state index in [4.69, 9.17) is 33.2 Å². The van der Waals surface area contributed by atoms with E-state index in [-0.39, 0.29) is 58.6 Å². The van der Waals surface area contributed by atoms with Crippen LogP contribution in [0.2, 0.25) is 0 Å². The molecular formula is C55H61N17O10. The van der Waals surface area contributed by atoms with Crippen molar-refractivity contribution in [2.45, 2.75) is 95.4 Å². The lowest BCUT2D eigenvalue weighted by Gasteiger charge is -2.17. The Bertz CT molecular complexity index is 3200. The molecule has 0 amide bonds. The van der Waals surface area contributed by atoms with E-state index in [0.717, 1.165) is 77.0 Å². The third-order valence-corrected chi connectivity index (χ3v) is 12.9. The third kappa shape index (κ3) is 15.7. The molecule has 3 fully saturated rings. The predicted octanol–water partition coefficient (Wildman–Crippen LogP) is 7.90. The molecule has 3 aliphatic rings. The van der Waals surface area contributed by atoms with E-state index in [1.807, 2.05) is 32.3 Å². The Kier molecular flexibility index (Phi) is 21.1. The Morgan fingerprint density at radius 1 is 0.488 bits per heavy atom. The van der Waals surface area contributed by atoms with Crippen LogP contribution in [0, 0.1) is 34.0 Å². The normalized spacial score (nSPS) is 13.7. The molecule has 3 aliphatic carbocycles. The molecule has 27 heteroatoms. The first-order valence-electron chi connectivity index (χ1n) is 26.1. The highest BCUT2D eigenvalue weighted by Crippen LogP contribution is 2.31. The lowest BCUT2D eigenvalue weighted by Crippen LogP contribution is -2.16. The number of nitrogens with zero attached hydrogens (tertiary/aromatic N) is 13. The zero-order valence-corrected chi connectivity index (χ0v) is 46.3. The van der Waals surface area contributed by atoms with Gasteiger partial charge in [-0.2, -0.15) is 30.7 Å². The van der Waals surface area contributed by atoms with Crippen LogP contribution < -0.4 is 45.1 Å². The number of carbonyl (C=O) groups is 3. The first-order valence-corrected chi connectivity index (χ1v) is 26.1. The van der Waals surface area contributed by atoms with Crippen molar-refractivity contribution < 1.29 is 47.5 Å². The van der Waals surface area contributed by atoms with E-state index in [1.165, 1.54) is 65.6 Å². The summed E-state index contributed by atoms with van der Waals surface area (Å²) in [5.41, 5.74) is 2.53. The summed E-state index contributed by atoms with van der Waals surface area (Å²) in [5.74, 6) is 1.93. The summed E-state index contributed by atoms with van der Waals surface area (Å²) in [7, 11) is 10.7. The highest BCUT2D eigenvalue weighted by Gasteiger charge is 2.24. The van der Waals surface area contributed by atoms with Gasteiger partial charge >= 0.3 is 17.9 Å². The first kappa shape index (κ1) is 59.4. The molecule has 9 rings (SSSR count). The molecule has 0 unspecified atom stereocenters. The van der Waals surface area contributed by atoms with Gasteiger partial charge in [0.15, 0.2) is 17.5 Å². The fourth-order valence-electron chi connectivity index (χ4n) is 8.75. The summed E-state index contributed by atoms with van der Waals surface area (Å²) in [5, 5.41) is 39.7. The van der Waals surface area contributed by atoms with Crippen LogP contribution in [0.5, 0.6) is 23.4 Å². The van der Waals surface area contributed by atoms with Gasteiger partial charge < -0.3 is 59.3 Å². The average molecular weight is 1120 g/mol. The number of nitriles is 3. The molecule has 0 aromatic carbocycles. The van der Waals surface area contributed by atoms with E-state index in [9.17, 15) is 30.2 Å². The summed E-state index contributed by atoms with van der Waals surface area (Å²) < 4.78 is 37.0. The van der Waals surface area contributed by atoms with E-state index in [2.05, 4.69) is 66.1 Å². The number of methoxy groups -OCH3 is 4. The second-order valence-electron chi connectivity index (χ2n) is 18.6. The molecule has 0 bridgehead atoms. The number of carbonyl (C=O) groups excluding carboxylic acids is 3. The average Bonchev–Trinajstić information content (AvgIpc) is 4.45. The van der Waals surface area contributed by atoms with Crippen molar-refractivity contribution >= 4 is 64.2 Å². The Hall–Kier alpha value is -10.2. The minimum atomic E-state index is -0.545. The number of rotatable bonds is 18. The summed E-state index contributed by atoms with van der Waals surface area (Å²) in [6.07, 6.45) is 21.0. The molecule has 3 saturated carbocycles. The second-order valence-corrected chi connectivity index (χ2v) is 18.6. The monoisotopic (exact) mass is 1120 g/mol. The Morgan fingerprint density at radius 2 is 0.841 bits per heavy atom. The van der Waals surface area contributed by atoms with Gasteiger partial charge in [-0.3, -0.25) is 0 Å². The smallest absolute Gasteiger partial charge is 0.343 e. The zero-order chi connectivity index (χ0) is 58.5. The molecule has 0 spiro atoms. The Morgan fingerprint density at radius 3 is 1.21 bits per heavy atom. The maximum Gasteiger partial charge on any atom is 0.343 e. The molecule has 27 nitrogen and oxygen atoms in total. The van der Waals surface area contributed by atoms with Crippen LogP contribution in [0.1, 0.15) is 125 Å². The molecule has 0 aliphatic heterocycles. The number of esters is 3. The molecule has 82 heavy (non-hydrogen) atoms. The minimum absolute atomic E-state index is 0.0548. The molecule has 6 aromatic rings. The van der Waals surface area contributed by atoms with Gasteiger partial charge in [0.05, 0.1) is 58.4 Å². The largest absolute Gasteiger partial charge is 0.496 e. The van der Waals surface area contributed by atoms with Crippen LogP contribution in [0.15, 0.2) is 55.4 Å². The zero-order valence-electron chi connectivity index (χ0n) is 46.3. The molecule has 0 saturated heterocycles. The van der Waals surface area contributed by atoms with Gasteiger partial charge in [0.1, 0.15) is 76.4 Å². The van der Waals surface area contributed by atoms with Gasteiger partial charge in [-0.25, -0.2) is 44.3 Å². The maximum atomic E-state index is 11.9. The van der Waals surface area contributed by atoms with Crippen molar-refractivity contribution in [2.24, 2.45) is 0 Å². The lowest BCUT2D eigenvalue weighted by molar-refractivity contribution is 0.0589. The molecule has 4 N–H and O–H groups in total. The standard InChI is InChI=1S/C19H22N6O3.C18H20N6O3.C18H19N5O4/c1-25(2)15-8-16(22-10-13(15)19(26)27-3)23-17-11-21-14(9-20)18(24-17)28-12-6-4-5-7-12;1-20-13-7-15(22-9-12(13)18(25)26-2)23-16-10-21-14(8-19)17(24-16)27-11-5-3-4-6-11;1-25-14-7-15(21-9-12(14)18(24)26-2)22-16-10-20-13(8-19)17(23-16)27-11-5-3-4-6-11/h8,10-12H,4-7H2,1-3H3,(H,22,23,24);7,9-11H,3-6H2,1-2H3,(H2,20,22,23,24);7,9-11H,3-6H2,1-2H3,(H,21,22,23). The predicted molar refractivity (Wildman–Crippen MR) is 296 cm³/mol. The number of ether oxygens (including phenoxy) is 7. The molecule has 6 aromatic heterocycles. The molecule has 6 heterocycles. The van der Waals surface area contributed by atoms with Crippen LogP contribution in [0.25, 0.3) is 0 Å². The van der Waals surface area contributed by atoms with Crippen LogP contribution in [-0.2, 0) is 14.2 Å². The van der Waals surface area contributed by atoms with Crippen LogP contribution in [-0.4, -0.2) is 131 Å². The number of hydrogen-bond acceptors (Lipinski definition) is 27. The summed E-state index contributed by atoms with van der Waals surface area (Å²) in [4.78, 5) is 75.2. The van der Waals surface area contributed by atoms with Crippen molar-refractivity contribution in [3.63, 3.8) is 0 Å². The van der Waals surface area contributed by atoms with Crippen LogP contribution in [0.4, 0.5) is 46.3 Å². The van der Waals surface area contributed by atoms with Crippen molar-refractivity contribution in [1.82, 2.24) is 44.9 Å². The molecule has 426 valence electrons. The second kappa shape index (κ2) is 29.1. The first-order chi connectivity index (χ1) is 39.8. The van der Waals surface area contributed by atoms with E-state index in [0.29, 0.717) is 63.2 Å². The molecular weight excluding hydrogens is 1060 g/mol.